The van der Waals surface area contributed by atoms with E-state index in [9.17, 15) is 9.18 Å². The van der Waals surface area contributed by atoms with Crippen molar-refractivity contribution in [2.45, 2.75) is 57.2 Å². The molecule has 1 aliphatic heterocycles. The summed E-state index contributed by atoms with van der Waals surface area (Å²) in [4.78, 5) is 23.9. The molecule has 228 valence electrons. The second kappa shape index (κ2) is 12.8. The van der Waals surface area contributed by atoms with Gasteiger partial charge in [0.25, 0.3) is 0 Å². The Morgan fingerprint density at radius 1 is 0.886 bits per heavy atom. The third-order valence-electron chi connectivity index (χ3n) is 9.38. The quantitative estimate of drug-likeness (QED) is 0.211. The number of rotatable bonds is 10. The molecule has 1 aliphatic carbocycles. The van der Waals surface area contributed by atoms with Crippen LogP contribution in [0.5, 0.6) is 5.88 Å². The summed E-state index contributed by atoms with van der Waals surface area (Å²) in [5.74, 6) is 1.31. The van der Waals surface area contributed by atoms with Crippen molar-refractivity contribution < 1.29 is 13.9 Å². The second-order valence-electron chi connectivity index (χ2n) is 12.1. The van der Waals surface area contributed by atoms with E-state index in [0.717, 1.165) is 66.1 Å². The molecule has 0 spiro atoms. The largest absolute Gasteiger partial charge is 0.481 e. The number of hydrogen-bond acceptors (Lipinski definition) is 5. The SMILES string of the molecule is COc1cccc(N2CC(C)N(CCCCC3(C(=O)NCc4ccc(F)cc4)c4ccccc4-c4ccccc43)C(C)C2)n1. The van der Waals surface area contributed by atoms with E-state index in [4.69, 9.17) is 4.74 Å². The predicted molar refractivity (Wildman–Crippen MR) is 173 cm³/mol. The van der Waals surface area contributed by atoms with Gasteiger partial charge < -0.3 is 15.0 Å². The summed E-state index contributed by atoms with van der Waals surface area (Å²) >= 11 is 0. The van der Waals surface area contributed by atoms with E-state index in [1.807, 2.05) is 36.4 Å². The van der Waals surface area contributed by atoms with Crippen LogP contribution in [-0.4, -0.2) is 54.6 Å². The standard InChI is InChI=1S/C37H41FN4O2/c1-26-24-41(34-15-10-16-35(40-34)44-3)25-27(2)42(26)22-9-8-21-37(36(43)39-23-28-17-19-29(38)20-18-28)32-13-6-4-11-30(32)31-12-5-7-14-33(31)37/h4-7,10-20,26-27H,8-9,21-25H2,1-3H3,(H,39,43). The lowest BCUT2D eigenvalue weighted by atomic mass is 9.73. The molecule has 2 atom stereocenters. The van der Waals surface area contributed by atoms with Crippen LogP contribution in [0.3, 0.4) is 0 Å². The molecule has 1 fully saturated rings. The molecule has 7 heteroatoms. The Labute approximate surface area is 259 Å². The van der Waals surface area contributed by atoms with Gasteiger partial charge in [0.2, 0.25) is 11.8 Å². The number of amides is 1. The minimum absolute atomic E-state index is 0.000338. The molecular formula is C37H41FN4O2. The first kappa shape index (κ1) is 29.8. The summed E-state index contributed by atoms with van der Waals surface area (Å²) in [5, 5.41) is 3.22. The number of nitrogens with zero attached hydrogens (tertiary/aromatic N) is 3. The molecule has 1 aromatic heterocycles. The fraction of sp³-hybridized carbons (Fsp3) is 0.351. The number of aromatic nitrogens is 1. The normalized spacial score (nSPS) is 18.9. The van der Waals surface area contributed by atoms with Crippen LogP contribution in [0, 0.1) is 5.82 Å². The Hall–Kier alpha value is -4.23. The van der Waals surface area contributed by atoms with Crippen LogP contribution < -0.4 is 15.0 Å². The fourth-order valence-corrected chi connectivity index (χ4v) is 7.25. The number of anilines is 1. The topological polar surface area (TPSA) is 57.7 Å². The third kappa shape index (κ3) is 5.69. The van der Waals surface area contributed by atoms with Gasteiger partial charge in [0.05, 0.1) is 7.11 Å². The maximum Gasteiger partial charge on any atom is 0.235 e. The molecule has 2 heterocycles. The van der Waals surface area contributed by atoms with E-state index in [1.165, 1.54) is 12.1 Å². The van der Waals surface area contributed by atoms with Crippen LogP contribution in [0.15, 0.2) is 91.0 Å². The first-order valence-electron chi connectivity index (χ1n) is 15.6. The maximum absolute atomic E-state index is 14.3. The van der Waals surface area contributed by atoms with E-state index in [2.05, 4.69) is 64.3 Å². The highest BCUT2D eigenvalue weighted by Crippen LogP contribution is 2.51. The maximum atomic E-state index is 14.3. The molecule has 44 heavy (non-hydrogen) atoms. The molecule has 0 bridgehead atoms. The van der Waals surface area contributed by atoms with Gasteiger partial charge in [-0.15, -0.1) is 0 Å². The van der Waals surface area contributed by atoms with Gasteiger partial charge >= 0.3 is 0 Å². The molecule has 3 aromatic carbocycles. The Bertz CT molecular complexity index is 1550. The Balaban J connectivity index is 1.17. The summed E-state index contributed by atoms with van der Waals surface area (Å²) < 4.78 is 18.9. The van der Waals surface area contributed by atoms with E-state index < -0.39 is 5.41 Å². The summed E-state index contributed by atoms with van der Waals surface area (Å²) in [5.41, 5.74) is 4.49. The minimum atomic E-state index is -0.777. The molecule has 2 unspecified atom stereocenters. The van der Waals surface area contributed by atoms with Crippen molar-refractivity contribution in [1.29, 1.82) is 0 Å². The van der Waals surface area contributed by atoms with Crippen LogP contribution in [0.4, 0.5) is 10.2 Å². The lowest BCUT2D eigenvalue weighted by Crippen LogP contribution is -2.57. The highest BCUT2D eigenvalue weighted by Gasteiger charge is 2.48. The van der Waals surface area contributed by atoms with Crippen molar-refractivity contribution in [3.8, 4) is 17.0 Å². The van der Waals surface area contributed by atoms with Crippen molar-refractivity contribution in [3.63, 3.8) is 0 Å². The lowest BCUT2D eigenvalue weighted by Gasteiger charge is -2.45. The van der Waals surface area contributed by atoms with Gasteiger partial charge in [-0.25, -0.2) is 4.39 Å². The highest BCUT2D eigenvalue weighted by atomic mass is 19.1. The summed E-state index contributed by atoms with van der Waals surface area (Å²) in [7, 11) is 1.65. The number of unbranched alkanes of at least 4 members (excludes halogenated alkanes) is 1. The highest BCUT2D eigenvalue weighted by molar-refractivity contribution is 6.00. The van der Waals surface area contributed by atoms with Crippen LogP contribution in [0.1, 0.15) is 49.8 Å². The first-order chi connectivity index (χ1) is 21.4. The van der Waals surface area contributed by atoms with Crippen molar-refractivity contribution in [1.82, 2.24) is 15.2 Å². The summed E-state index contributed by atoms with van der Waals surface area (Å²) in [6, 6.07) is 29.6. The molecule has 1 N–H and O–H groups in total. The number of nitrogens with one attached hydrogen (secondary N) is 1. The number of hydrogen-bond donors (Lipinski definition) is 1. The number of fused-ring (bicyclic) bond motifs is 3. The second-order valence-corrected chi connectivity index (χ2v) is 12.1. The predicted octanol–water partition coefficient (Wildman–Crippen LogP) is 6.58. The van der Waals surface area contributed by atoms with Gasteiger partial charge in [0.15, 0.2) is 0 Å². The third-order valence-corrected chi connectivity index (χ3v) is 9.38. The van der Waals surface area contributed by atoms with Gasteiger partial charge in [-0.3, -0.25) is 9.69 Å². The number of methoxy groups -OCH3 is 1. The van der Waals surface area contributed by atoms with Crippen LogP contribution in [0.2, 0.25) is 0 Å². The average Bonchev–Trinajstić information content (AvgIpc) is 3.34. The van der Waals surface area contributed by atoms with Crippen LogP contribution in [-0.2, 0) is 16.8 Å². The fourth-order valence-electron chi connectivity index (χ4n) is 7.25. The monoisotopic (exact) mass is 592 g/mol. The van der Waals surface area contributed by atoms with Crippen LogP contribution in [0.25, 0.3) is 11.1 Å². The number of benzene rings is 3. The molecule has 6 nitrogen and oxygen atoms in total. The zero-order valence-corrected chi connectivity index (χ0v) is 25.8. The number of ether oxygens (including phenoxy) is 1. The summed E-state index contributed by atoms with van der Waals surface area (Å²) in [6.07, 6.45) is 2.61. The van der Waals surface area contributed by atoms with Gasteiger partial charge in [-0.2, -0.15) is 4.98 Å². The van der Waals surface area contributed by atoms with Gasteiger partial charge in [-0.05, 0) is 79.3 Å². The molecular weight excluding hydrogens is 551 g/mol. The van der Waals surface area contributed by atoms with Gasteiger partial charge in [0.1, 0.15) is 17.1 Å². The lowest BCUT2D eigenvalue weighted by molar-refractivity contribution is -0.125. The van der Waals surface area contributed by atoms with E-state index in [1.54, 1.807) is 19.2 Å². The van der Waals surface area contributed by atoms with E-state index in [0.29, 0.717) is 30.9 Å². The summed E-state index contributed by atoms with van der Waals surface area (Å²) in [6.45, 7) is 7.71. The van der Waals surface area contributed by atoms with Gasteiger partial charge in [-0.1, -0.05) is 73.2 Å². The first-order valence-corrected chi connectivity index (χ1v) is 15.6. The molecule has 2 aliphatic rings. The van der Waals surface area contributed by atoms with E-state index >= 15 is 0 Å². The molecule has 1 amide bonds. The van der Waals surface area contributed by atoms with Crippen LogP contribution >= 0.6 is 0 Å². The van der Waals surface area contributed by atoms with Crippen molar-refractivity contribution >= 4 is 11.7 Å². The number of piperazine rings is 1. The Morgan fingerprint density at radius 3 is 2.16 bits per heavy atom. The zero-order valence-electron chi connectivity index (χ0n) is 25.8. The molecule has 0 radical (unpaired) electrons. The molecule has 0 saturated carbocycles. The number of carbonyl (C=O) groups is 1. The number of halogens is 1. The average molecular weight is 593 g/mol. The molecule has 4 aromatic rings. The number of carbonyl (C=O) groups excluding carboxylic acids is 1. The molecule has 1 saturated heterocycles. The molecule has 6 rings (SSSR count). The Kier molecular flexibility index (Phi) is 8.67. The zero-order chi connectivity index (χ0) is 30.7. The minimum Gasteiger partial charge on any atom is -0.481 e. The van der Waals surface area contributed by atoms with Crippen molar-refractivity contribution in [3.05, 3.63) is 114 Å². The van der Waals surface area contributed by atoms with Gasteiger partial charge in [0, 0.05) is 37.8 Å². The van der Waals surface area contributed by atoms with Crippen molar-refractivity contribution in [2.24, 2.45) is 0 Å². The van der Waals surface area contributed by atoms with E-state index in [-0.39, 0.29) is 11.7 Å². The van der Waals surface area contributed by atoms with Crippen molar-refractivity contribution in [2.75, 3.05) is 31.6 Å². The number of pyridine rings is 1. The smallest absolute Gasteiger partial charge is 0.235 e. The Morgan fingerprint density at radius 2 is 1.52 bits per heavy atom.